The van der Waals surface area contributed by atoms with Gasteiger partial charge in [0.1, 0.15) is 5.82 Å². The van der Waals surface area contributed by atoms with Crippen molar-refractivity contribution in [1.82, 2.24) is 14.9 Å². The highest BCUT2D eigenvalue weighted by Crippen LogP contribution is 2.07. The number of nitrogens with zero attached hydrogens (tertiary/aromatic N) is 3. The van der Waals surface area contributed by atoms with E-state index in [2.05, 4.69) is 34.3 Å². The van der Waals surface area contributed by atoms with E-state index < -0.39 is 0 Å². The Balaban J connectivity index is 2.26. The number of rotatable bonds is 6. The molecular formula is C11H21N5. The van der Waals surface area contributed by atoms with Crippen molar-refractivity contribution in [1.29, 1.82) is 0 Å². The molecule has 0 bridgehead atoms. The molecule has 3 N–H and O–H groups in total. The minimum Gasteiger partial charge on any atom is -0.370 e. The van der Waals surface area contributed by atoms with Crippen molar-refractivity contribution in [3.63, 3.8) is 0 Å². The lowest BCUT2D eigenvalue weighted by Crippen LogP contribution is -2.14. The van der Waals surface area contributed by atoms with Crippen LogP contribution in [0.4, 0.5) is 11.8 Å². The summed E-state index contributed by atoms with van der Waals surface area (Å²) < 4.78 is 0. The Morgan fingerprint density at radius 3 is 2.69 bits per heavy atom. The molecule has 1 rings (SSSR count). The molecule has 0 aromatic carbocycles. The van der Waals surface area contributed by atoms with Gasteiger partial charge in [-0.25, -0.2) is 4.98 Å². The van der Waals surface area contributed by atoms with Gasteiger partial charge < -0.3 is 16.0 Å². The monoisotopic (exact) mass is 223 g/mol. The SMILES string of the molecule is Cc1cc(NCCCCN(C)C)nc(N)n1. The van der Waals surface area contributed by atoms with Crippen LogP contribution in [0.15, 0.2) is 6.07 Å². The van der Waals surface area contributed by atoms with Gasteiger partial charge in [-0.1, -0.05) is 0 Å². The molecule has 0 aliphatic heterocycles. The third kappa shape index (κ3) is 4.93. The van der Waals surface area contributed by atoms with E-state index in [1.54, 1.807) is 0 Å². The fourth-order valence-corrected chi connectivity index (χ4v) is 1.45. The lowest BCUT2D eigenvalue weighted by molar-refractivity contribution is 0.396. The molecule has 0 saturated heterocycles. The molecule has 0 fully saturated rings. The highest BCUT2D eigenvalue weighted by Gasteiger charge is 1.98. The number of hydrogen-bond donors (Lipinski definition) is 2. The van der Waals surface area contributed by atoms with E-state index in [1.165, 1.54) is 6.42 Å². The zero-order chi connectivity index (χ0) is 12.0. The van der Waals surface area contributed by atoms with E-state index in [4.69, 9.17) is 5.73 Å². The van der Waals surface area contributed by atoms with Crippen molar-refractivity contribution in [3.8, 4) is 0 Å². The van der Waals surface area contributed by atoms with Gasteiger partial charge in [0.05, 0.1) is 0 Å². The molecule has 1 aromatic heterocycles. The van der Waals surface area contributed by atoms with Gasteiger partial charge in [-0.2, -0.15) is 4.98 Å². The van der Waals surface area contributed by atoms with Crippen molar-refractivity contribution in [2.45, 2.75) is 19.8 Å². The molecule has 1 aromatic rings. The van der Waals surface area contributed by atoms with Gasteiger partial charge in [0, 0.05) is 18.3 Å². The van der Waals surface area contributed by atoms with E-state index in [9.17, 15) is 0 Å². The second kappa shape index (κ2) is 6.27. The lowest BCUT2D eigenvalue weighted by atomic mass is 10.3. The molecule has 0 radical (unpaired) electrons. The summed E-state index contributed by atoms with van der Waals surface area (Å²) in [5.74, 6) is 1.14. The lowest BCUT2D eigenvalue weighted by Gasteiger charge is -2.10. The fraction of sp³-hybridized carbons (Fsp3) is 0.636. The van der Waals surface area contributed by atoms with Crippen molar-refractivity contribution < 1.29 is 0 Å². The Kier molecular flexibility index (Phi) is 4.98. The van der Waals surface area contributed by atoms with Gasteiger partial charge >= 0.3 is 0 Å². The first kappa shape index (κ1) is 12.7. The molecule has 0 amide bonds. The van der Waals surface area contributed by atoms with Crippen LogP contribution in [0.3, 0.4) is 0 Å². The van der Waals surface area contributed by atoms with E-state index in [-0.39, 0.29) is 0 Å². The number of hydrogen-bond acceptors (Lipinski definition) is 5. The van der Waals surface area contributed by atoms with E-state index >= 15 is 0 Å². The molecule has 0 aliphatic rings. The molecular weight excluding hydrogens is 202 g/mol. The Morgan fingerprint density at radius 1 is 1.31 bits per heavy atom. The van der Waals surface area contributed by atoms with Crippen molar-refractivity contribution in [2.24, 2.45) is 0 Å². The van der Waals surface area contributed by atoms with Crippen molar-refractivity contribution in [2.75, 3.05) is 38.2 Å². The van der Waals surface area contributed by atoms with Crippen LogP contribution in [0.5, 0.6) is 0 Å². The first-order valence-electron chi connectivity index (χ1n) is 5.57. The predicted octanol–water partition coefficient (Wildman–Crippen LogP) is 1.12. The maximum atomic E-state index is 5.56. The van der Waals surface area contributed by atoms with E-state index in [0.717, 1.165) is 31.0 Å². The number of nitrogen functional groups attached to an aromatic ring is 1. The fourth-order valence-electron chi connectivity index (χ4n) is 1.45. The van der Waals surface area contributed by atoms with Crippen LogP contribution in [0, 0.1) is 6.92 Å². The highest BCUT2D eigenvalue weighted by molar-refractivity contribution is 5.39. The summed E-state index contributed by atoms with van der Waals surface area (Å²) in [6, 6.07) is 1.91. The summed E-state index contributed by atoms with van der Waals surface area (Å²) in [5, 5.41) is 3.25. The van der Waals surface area contributed by atoms with Crippen molar-refractivity contribution >= 4 is 11.8 Å². The zero-order valence-corrected chi connectivity index (χ0v) is 10.3. The van der Waals surface area contributed by atoms with Crippen LogP contribution in [0.1, 0.15) is 18.5 Å². The third-order valence-corrected chi connectivity index (χ3v) is 2.21. The second-order valence-electron chi connectivity index (χ2n) is 4.19. The van der Waals surface area contributed by atoms with Crippen LogP contribution in [-0.4, -0.2) is 42.1 Å². The summed E-state index contributed by atoms with van der Waals surface area (Å²) >= 11 is 0. The number of unbranched alkanes of at least 4 members (excludes halogenated alkanes) is 1. The molecule has 0 atom stereocenters. The Labute approximate surface area is 97.1 Å². The summed E-state index contributed by atoms with van der Waals surface area (Å²) in [5.41, 5.74) is 6.45. The largest absolute Gasteiger partial charge is 0.370 e. The molecule has 90 valence electrons. The Morgan fingerprint density at radius 2 is 2.06 bits per heavy atom. The predicted molar refractivity (Wildman–Crippen MR) is 67.5 cm³/mol. The normalized spacial score (nSPS) is 10.8. The Hall–Kier alpha value is -1.36. The van der Waals surface area contributed by atoms with E-state index in [0.29, 0.717) is 5.95 Å². The molecule has 0 spiro atoms. The molecule has 0 unspecified atom stereocenters. The first-order chi connectivity index (χ1) is 7.58. The smallest absolute Gasteiger partial charge is 0.222 e. The second-order valence-corrected chi connectivity index (χ2v) is 4.19. The minimum atomic E-state index is 0.329. The molecule has 1 heterocycles. The average Bonchev–Trinajstić information content (AvgIpc) is 2.15. The molecule has 0 aliphatic carbocycles. The minimum absolute atomic E-state index is 0.329. The standard InChI is InChI=1S/C11H21N5/c1-9-8-10(15-11(12)14-9)13-6-4-5-7-16(2)3/h8H,4-7H2,1-3H3,(H3,12,13,14,15). The topological polar surface area (TPSA) is 67.1 Å². The third-order valence-electron chi connectivity index (χ3n) is 2.21. The van der Waals surface area contributed by atoms with Crippen LogP contribution >= 0.6 is 0 Å². The molecule has 5 nitrogen and oxygen atoms in total. The van der Waals surface area contributed by atoms with Crippen LogP contribution in [-0.2, 0) is 0 Å². The highest BCUT2D eigenvalue weighted by atomic mass is 15.1. The van der Waals surface area contributed by atoms with Gasteiger partial charge in [0.2, 0.25) is 5.95 Å². The number of aryl methyl sites for hydroxylation is 1. The summed E-state index contributed by atoms with van der Waals surface area (Å²) in [6.07, 6.45) is 2.31. The summed E-state index contributed by atoms with van der Waals surface area (Å²) in [6.45, 7) is 3.95. The maximum absolute atomic E-state index is 5.56. The average molecular weight is 223 g/mol. The van der Waals surface area contributed by atoms with Gasteiger partial charge in [0.15, 0.2) is 0 Å². The first-order valence-corrected chi connectivity index (χ1v) is 5.57. The van der Waals surface area contributed by atoms with Gasteiger partial charge in [-0.15, -0.1) is 0 Å². The number of nitrogens with one attached hydrogen (secondary N) is 1. The van der Waals surface area contributed by atoms with Crippen LogP contribution < -0.4 is 11.1 Å². The maximum Gasteiger partial charge on any atom is 0.222 e. The van der Waals surface area contributed by atoms with Gasteiger partial charge in [-0.05, 0) is 40.4 Å². The van der Waals surface area contributed by atoms with E-state index in [1.807, 2.05) is 13.0 Å². The van der Waals surface area contributed by atoms with Crippen LogP contribution in [0.2, 0.25) is 0 Å². The zero-order valence-electron chi connectivity index (χ0n) is 10.3. The van der Waals surface area contributed by atoms with Crippen molar-refractivity contribution in [3.05, 3.63) is 11.8 Å². The van der Waals surface area contributed by atoms with Crippen LogP contribution in [0.25, 0.3) is 0 Å². The molecule has 5 heteroatoms. The number of nitrogens with two attached hydrogens (primary N) is 1. The Bertz CT molecular complexity index is 304. The quantitative estimate of drug-likeness (QED) is 0.707. The van der Waals surface area contributed by atoms with Gasteiger partial charge in [-0.3, -0.25) is 0 Å². The number of anilines is 2. The molecule has 16 heavy (non-hydrogen) atoms. The molecule has 0 saturated carbocycles. The summed E-state index contributed by atoms with van der Waals surface area (Å²) in [4.78, 5) is 10.3. The number of aromatic nitrogens is 2. The summed E-state index contributed by atoms with van der Waals surface area (Å²) in [7, 11) is 4.17. The van der Waals surface area contributed by atoms with Gasteiger partial charge in [0.25, 0.3) is 0 Å².